The quantitative estimate of drug-likeness (QED) is 0.887. The zero-order valence-electron chi connectivity index (χ0n) is 10.1. The van der Waals surface area contributed by atoms with Gasteiger partial charge in [-0.1, -0.05) is 5.16 Å². The highest BCUT2D eigenvalue weighted by Crippen LogP contribution is 2.11. The maximum Gasteiger partial charge on any atom is 0.230 e. The number of hydrogen-bond acceptors (Lipinski definition) is 5. The first-order chi connectivity index (χ1) is 8.67. The van der Waals surface area contributed by atoms with Crippen molar-refractivity contribution in [3.05, 3.63) is 35.9 Å². The van der Waals surface area contributed by atoms with E-state index in [2.05, 4.69) is 15.5 Å². The Bertz CT molecular complexity index is 534. The lowest BCUT2D eigenvalue weighted by molar-refractivity contribution is -0.115. The van der Waals surface area contributed by atoms with Crippen LogP contribution >= 0.6 is 0 Å². The van der Waals surface area contributed by atoms with Crippen molar-refractivity contribution in [1.29, 1.82) is 0 Å². The number of nitrogens with zero attached hydrogens (tertiary/aromatic N) is 2. The first kappa shape index (κ1) is 12.1. The van der Waals surface area contributed by atoms with Gasteiger partial charge in [-0.2, -0.15) is 0 Å². The highest BCUT2D eigenvalue weighted by molar-refractivity contribution is 5.91. The number of amides is 1. The monoisotopic (exact) mass is 247 g/mol. The Morgan fingerprint density at radius 3 is 2.89 bits per heavy atom. The van der Waals surface area contributed by atoms with Crippen molar-refractivity contribution in [2.75, 3.05) is 12.4 Å². The molecule has 0 bridgehead atoms. The molecule has 0 saturated carbocycles. The van der Waals surface area contributed by atoms with Crippen LogP contribution in [0.4, 0.5) is 5.69 Å². The molecule has 0 aliphatic heterocycles. The summed E-state index contributed by atoms with van der Waals surface area (Å²) >= 11 is 0. The summed E-state index contributed by atoms with van der Waals surface area (Å²) in [7, 11) is 1.54. The van der Waals surface area contributed by atoms with E-state index in [1.54, 1.807) is 25.1 Å². The third-order valence-electron chi connectivity index (χ3n) is 2.25. The van der Waals surface area contributed by atoms with E-state index >= 15 is 0 Å². The average Bonchev–Trinajstić information content (AvgIpc) is 2.75. The summed E-state index contributed by atoms with van der Waals surface area (Å²) in [5.41, 5.74) is 1.22. The summed E-state index contributed by atoms with van der Waals surface area (Å²) < 4.78 is 9.81. The van der Waals surface area contributed by atoms with Crippen LogP contribution in [-0.4, -0.2) is 23.2 Å². The number of rotatable bonds is 4. The summed E-state index contributed by atoms with van der Waals surface area (Å²) in [6.07, 6.45) is 1.70. The van der Waals surface area contributed by atoms with Gasteiger partial charge in [0.05, 0.1) is 31.1 Å². The topological polar surface area (TPSA) is 77.2 Å². The van der Waals surface area contributed by atoms with Gasteiger partial charge in [0, 0.05) is 12.1 Å². The highest BCUT2D eigenvalue weighted by Gasteiger charge is 2.08. The van der Waals surface area contributed by atoms with Gasteiger partial charge in [-0.15, -0.1) is 0 Å². The second kappa shape index (κ2) is 5.31. The minimum atomic E-state index is -0.171. The molecule has 0 aromatic carbocycles. The van der Waals surface area contributed by atoms with Gasteiger partial charge in [-0.05, 0) is 13.0 Å². The Kier molecular flexibility index (Phi) is 3.57. The largest absolute Gasteiger partial charge is 0.481 e. The molecule has 0 atom stereocenters. The summed E-state index contributed by atoms with van der Waals surface area (Å²) in [4.78, 5) is 15.7. The molecule has 0 fully saturated rings. The summed E-state index contributed by atoms with van der Waals surface area (Å²) in [5.74, 6) is 1.01. The van der Waals surface area contributed by atoms with Crippen molar-refractivity contribution < 1.29 is 14.1 Å². The van der Waals surface area contributed by atoms with Gasteiger partial charge in [0.2, 0.25) is 11.8 Å². The lowest BCUT2D eigenvalue weighted by Gasteiger charge is -2.04. The van der Waals surface area contributed by atoms with E-state index < -0.39 is 0 Å². The number of nitrogens with one attached hydrogen (secondary N) is 1. The maximum atomic E-state index is 11.7. The first-order valence-electron chi connectivity index (χ1n) is 5.39. The van der Waals surface area contributed by atoms with Crippen LogP contribution in [-0.2, 0) is 11.2 Å². The average molecular weight is 247 g/mol. The maximum absolute atomic E-state index is 11.7. The molecule has 2 heterocycles. The number of aryl methyl sites for hydroxylation is 1. The third-order valence-corrected chi connectivity index (χ3v) is 2.25. The molecule has 94 valence electrons. The number of anilines is 1. The second-order valence-corrected chi connectivity index (χ2v) is 3.74. The van der Waals surface area contributed by atoms with Crippen molar-refractivity contribution in [1.82, 2.24) is 10.1 Å². The van der Waals surface area contributed by atoms with Crippen LogP contribution in [0.25, 0.3) is 0 Å². The van der Waals surface area contributed by atoms with Crippen LogP contribution in [0, 0.1) is 6.92 Å². The summed E-state index contributed by atoms with van der Waals surface area (Å²) in [6, 6.07) is 5.12. The Hall–Kier alpha value is -2.37. The molecule has 18 heavy (non-hydrogen) atoms. The van der Waals surface area contributed by atoms with Gasteiger partial charge >= 0.3 is 0 Å². The molecule has 0 aliphatic rings. The fraction of sp³-hybridized carbons (Fsp3) is 0.250. The highest BCUT2D eigenvalue weighted by atomic mass is 16.5. The molecule has 1 N–H and O–H groups in total. The van der Waals surface area contributed by atoms with E-state index in [1.807, 2.05) is 0 Å². The molecular formula is C12H13N3O3. The van der Waals surface area contributed by atoms with Crippen molar-refractivity contribution in [2.24, 2.45) is 0 Å². The Morgan fingerprint density at radius 2 is 2.33 bits per heavy atom. The number of carbonyl (C=O) groups is 1. The smallest absolute Gasteiger partial charge is 0.230 e. The van der Waals surface area contributed by atoms with E-state index in [4.69, 9.17) is 9.26 Å². The molecule has 1 amide bonds. The van der Waals surface area contributed by atoms with Gasteiger partial charge < -0.3 is 14.6 Å². The number of carbonyl (C=O) groups excluding carboxylic acids is 1. The zero-order chi connectivity index (χ0) is 13.0. The molecule has 6 heteroatoms. The fourth-order valence-corrected chi connectivity index (χ4v) is 1.45. The predicted octanol–water partition coefficient (Wildman–Crippen LogP) is 1.57. The molecular weight excluding hydrogens is 234 g/mol. The van der Waals surface area contributed by atoms with E-state index in [0.717, 1.165) is 0 Å². The number of aromatic nitrogens is 2. The van der Waals surface area contributed by atoms with Gasteiger partial charge in [-0.25, -0.2) is 4.98 Å². The van der Waals surface area contributed by atoms with Crippen molar-refractivity contribution in [3.63, 3.8) is 0 Å². The van der Waals surface area contributed by atoms with Gasteiger partial charge in [0.1, 0.15) is 5.76 Å². The van der Waals surface area contributed by atoms with Gasteiger partial charge in [0.25, 0.3) is 0 Å². The fourth-order valence-electron chi connectivity index (χ4n) is 1.45. The lowest BCUT2D eigenvalue weighted by atomic mass is 10.2. The van der Waals surface area contributed by atoms with Crippen LogP contribution in [0.15, 0.2) is 28.9 Å². The van der Waals surface area contributed by atoms with E-state index in [-0.39, 0.29) is 12.3 Å². The van der Waals surface area contributed by atoms with Crippen molar-refractivity contribution in [3.8, 4) is 5.88 Å². The SMILES string of the molecule is COc1ccc(NC(=O)Cc2cc(C)on2)cn1. The molecule has 0 aliphatic carbocycles. The number of ether oxygens (including phenoxy) is 1. The zero-order valence-corrected chi connectivity index (χ0v) is 10.1. The van der Waals surface area contributed by atoms with E-state index in [0.29, 0.717) is 23.0 Å². The lowest BCUT2D eigenvalue weighted by Crippen LogP contribution is -2.14. The molecule has 2 aromatic heterocycles. The molecule has 0 unspecified atom stereocenters. The molecule has 0 spiro atoms. The van der Waals surface area contributed by atoms with Gasteiger partial charge in [-0.3, -0.25) is 4.79 Å². The normalized spacial score (nSPS) is 10.1. The molecule has 0 saturated heterocycles. The third kappa shape index (κ3) is 3.07. The molecule has 6 nitrogen and oxygen atoms in total. The van der Waals surface area contributed by atoms with Gasteiger partial charge in [0.15, 0.2) is 0 Å². The molecule has 2 aromatic rings. The van der Waals surface area contributed by atoms with Crippen molar-refractivity contribution >= 4 is 11.6 Å². The second-order valence-electron chi connectivity index (χ2n) is 3.74. The van der Waals surface area contributed by atoms with E-state index in [9.17, 15) is 4.79 Å². The summed E-state index contributed by atoms with van der Waals surface area (Å²) in [6.45, 7) is 1.78. The minimum Gasteiger partial charge on any atom is -0.481 e. The number of pyridine rings is 1. The minimum absolute atomic E-state index is 0.170. The number of hydrogen-bond donors (Lipinski definition) is 1. The van der Waals surface area contributed by atoms with Crippen LogP contribution in [0.1, 0.15) is 11.5 Å². The van der Waals surface area contributed by atoms with Crippen LogP contribution in [0.3, 0.4) is 0 Å². The number of methoxy groups -OCH3 is 1. The molecule has 0 radical (unpaired) electrons. The van der Waals surface area contributed by atoms with E-state index in [1.165, 1.54) is 13.3 Å². The van der Waals surface area contributed by atoms with Crippen LogP contribution in [0.5, 0.6) is 5.88 Å². The Morgan fingerprint density at radius 1 is 1.50 bits per heavy atom. The molecule has 2 rings (SSSR count). The van der Waals surface area contributed by atoms with Crippen LogP contribution in [0.2, 0.25) is 0 Å². The van der Waals surface area contributed by atoms with Crippen LogP contribution < -0.4 is 10.1 Å². The first-order valence-corrected chi connectivity index (χ1v) is 5.39. The Balaban J connectivity index is 1.94. The summed E-state index contributed by atoms with van der Waals surface area (Å²) in [5, 5.41) is 6.47. The standard InChI is InChI=1S/C12H13N3O3/c1-8-5-10(15-18-8)6-11(16)14-9-3-4-12(17-2)13-7-9/h3-5,7H,6H2,1-2H3,(H,14,16). The predicted molar refractivity (Wildman–Crippen MR) is 64.4 cm³/mol. The van der Waals surface area contributed by atoms with Crippen molar-refractivity contribution in [2.45, 2.75) is 13.3 Å². The Labute approximate surface area is 104 Å².